The number of aryl methyl sites for hydroxylation is 1. The molecule has 1 aromatic rings. The van der Waals surface area contributed by atoms with Crippen LogP contribution >= 0.6 is 11.3 Å². The van der Waals surface area contributed by atoms with Crippen molar-refractivity contribution in [2.75, 3.05) is 32.2 Å². The summed E-state index contributed by atoms with van der Waals surface area (Å²) in [6.07, 6.45) is 2.92. The maximum atomic E-state index is 5.49. The highest BCUT2D eigenvalue weighted by Crippen LogP contribution is 2.30. The number of anilines is 1. The quantitative estimate of drug-likeness (QED) is 0.863. The summed E-state index contributed by atoms with van der Waals surface area (Å²) in [5, 5.41) is 4.65. The topological polar surface area (TPSA) is 46.6 Å². The van der Waals surface area contributed by atoms with Crippen molar-refractivity contribution < 1.29 is 9.47 Å². The molecule has 112 valence electrons. The molecule has 6 heteroatoms. The Morgan fingerprint density at radius 2 is 1.90 bits per heavy atom. The highest BCUT2D eigenvalue weighted by molar-refractivity contribution is 7.15. The lowest BCUT2D eigenvalue weighted by Gasteiger charge is -2.13. The SMILES string of the molecule is COC1CN(c2nc(C)c(CNC3CC3)s2)CC1OC. The van der Waals surface area contributed by atoms with Gasteiger partial charge < -0.3 is 19.7 Å². The standard InChI is InChI=1S/C14H23N3O2S/c1-9-13(6-15-10-4-5-10)20-14(16-9)17-7-11(18-2)12(8-17)19-3/h10-12,15H,4-8H2,1-3H3. The van der Waals surface area contributed by atoms with Crippen molar-refractivity contribution in [1.29, 1.82) is 0 Å². The molecule has 0 amide bonds. The molecular formula is C14H23N3O2S. The number of thiazole rings is 1. The van der Waals surface area contributed by atoms with Crippen molar-refractivity contribution in [2.24, 2.45) is 0 Å². The Morgan fingerprint density at radius 1 is 1.25 bits per heavy atom. The zero-order chi connectivity index (χ0) is 14.1. The van der Waals surface area contributed by atoms with E-state index in [1.165, 1.54) is 17.7 Å². The van der Waals surface area contributed by atoms with Crippen molar-refractivity contribution in [2.45, 2.75) is 44.6 Å². The van der Waals surface area contributed by atoms with Gasteiger partial charge in [-0.2, -0.15) is 0 Å². The number of nitrogens with zero attached hydrogens (tertiary/aromatic N) is 2. The van der Waals surface area contributed by atoms with Crippen LogP contribution in [0.5, 0.6) is 0 Å². The Balaban J connectivity index is 1.66. The normalized spacial score (nSPS) is 26.4. The summed E-state index contributed by atoms with van der Waals surface area (Å²) in [5.41, 5.74) is 1.15. The molecule has 2 unspecified atom stereocenters. The molecule has 1 saturated heterocycles. The van der Waals surface area contributed by atoms with Gasteiger partial charge in [-0.1, -0.05) is 0 Å². The molecule has 5 nitrogen and oxygen atoms in total. The molecule has 0 spiro atoms. The number of rotatable bonds is 6. The van der Waals surface area contributed by atoms with Crippen LogP contribution in [-0.2, 0) is 16.0 Å². The lowest BCUT2D eigenvalue weighted by atomic mass is 10.3. The molecule has 2 heterocycles. The minimum Gasteiger partial charge on any atom is -0.377 e. The number of methoxy groups -OCH3 is 2. The van der Waals surface area contributed by atoms with Gasteiger partial charge in [0.25, 0.3) is 0 Å². The zero-order valence-corrected chi connectivity index (χ0v) is 13.2. The molecular weight excluding hydrogens is 274 g/mol. The predicted molar refractivity (Wildman–Crippen MR) is 80.5 cm³/mol. The average molecular weight is 297 g/mol. The second kappa shape index (κ2) is 5.97. The first kappa shape index (κ1) is 14.3. The van der Waals surface area contributed by atoms with Crippen LogP contribution in [0.1, 0.15) is 23.4 Å². The van der Waals surface area contributed by atoms with E-state index in [4.69, 9.17) is 14.5 Å². The van der Waals surface area contributed by atoms with Gasteiger partial charge in [0.15, 0.2) is 5.13 Å². The summed E-state index contributed by atoms with van der Waals surface area (Å²) in [4.78, 5) is 8.35. The molecule has 1 aromatic heterocycles. The van der Waals surface area contributed by atoms with Crippen LogP contribution in [0.4, 0.5) is 5.13 Å². The van der Waals surface area contributed by atoms with Crippen LogP contribution in [0.15, 0.2) is 0 Å². The van der Waals surface area contributed by atoms with Gasteiger partial charge in [0.1, 0.15) is 12.2 Å². The van der Waals surface area contributed by atoms with Crippen molar-refractivity contribution in [1.82, 2.24) is 10.3 Å². The molecule has 2 fully saturated rings. The van der Waals surface area contributed by atoms with Crippen molar-refractivity contribution in [3.63, 3.8) is 0 Å². The van der Waals surface area contributed by atoms with E-state index in [1.54, 1.807) is 25.6 Å². The maximum Gasteiger partial charge on any atom is 0.185 e. The number of nitrogens with one attached hydrogen (secondary N) is 1. The fourth-order valence-corrected chi connectivity index (χ4v) is 3.62. The van der Waals surface area contributed by atoms with Gasteiger partial charge in [-0.3, -0.25) is 0 Å². The molecule has 0 bridgehead atoms. The summed E-state index contributed by atoms with van der Waals surface area (Å²) in [5.74, 6) is 0. The van der Waals surface area contributed by atoms with Crippen molar-refractivity contribution >= 4 is 16.5 Å². The third-order valence-electron chi connectivity index (χ3n) is 4.10. The molecule has 2 aliphatic rings. The summed E-state index contributed by atoms with van der Waals surface area (Å²) in [7, 11) is 3.50. The first-order valence-electron chi connectivity index (χ1n) is 7.21. The monoisotopic (exact) mass is 297 g/mol. The van der Waals surface area contributed by atoms with E-state index in [9.17, 15) is 0 Å². The molecule has 20 heavy (non-hydrogen) atoms. The van der Waals surface area contributed by atoms with Crippen molar-refractivity contribution in [3.05, 3.63) is 10.6 Å². The lowest BCUT2D eigenvalue weighted by molar-refractivity contribution is -0.00461. The second-order valence-electron chi connectivity index (χ2n) is 5.61. The second-order valence-corrected chi connectivity index (χ2v) is 6.68. The molecule has 0 radical (unpaired) electrons. The van der Waals surface area contributed by atoms with Gasteiger partial charge in [0.05, 0.1) is 5.69 Å². The molecule has 1 aliphatic heterocycles. The van der Waals surface area contributed by atoms with E-state index < -0.39 is 0 Å². The van der Waals surface area contributed by atoms with E-state index in [1.807, 2.05) is 0 Å². The Kier molecular flexibility index (Phi) is 4.26. The van der Waals surface area contributed by atoms with E-state index in [0.29, 0.717) is 0 Å². The molecule has 1 N–H and O–H groups in total. The largest absolute Gasteiger partial charge is 0.377 e. The number of hydrogen-bond acceptors (Lipinski definition) is 6. The lowest BCUT2D eigenvalue weighted by Crippen LogP contribution is -2.27. The van der Waals surface area contributed by atoms with Gasteiger partial charge in [0.2, 0.25) is 0 Å². The summed E-state index contributed by atoms with van der Waals surface area (Å²) in [6.45, 7) is 4.76. The van der Waals surface area contributed by atoms with E-state index in [-0.39, 0.29) is 12.2 Å². The van der Waals surface area contributed by atoms with E-state index in [0.717, 1.165) is 36.5 Å². The summed E-state index contributed by atoms with van der Waals surface area (Å²) < 4.78 is 11.0. The Bertz CT molecular complexity index is 449. The molecule has 3 rings (SSSR count). The Labute approximate surface area is 124 Å². The molecule has 1 aliphatic carbocycles. The fraction of sp³-hybridized carbons (Fsp3) is 0.786. The third kappa shape index (κ3) is 2.98. The van der Waals surface area contributed by atoms with E-state index in [2.05, 4.69) is 17.1 Å². The highest BCUT2D eigenvalue weighted by Gasteiger charge is 2.34. The first-order chi connectivity index (χ1) is 9.71. The maximum absolute atomic E-state index is 5.49. The highest BCUT2D eigenvalue weighted by atomic mass is 32.1. The molecule has 0 aromatic carbocycles. The summed E-state index contributed by atoms with van der Waals surface area (Å²) >= 11 is 1.79. The Morgan fingerprint density at radius 3 is 2.45 bits per heavy atom. The van der Waals surface area contributed by atoms with E-state index >= 15 is 0 Å². The minimum absolute atomic E-state index is 0.136. The minimum atomic E-state index is 0.136. The zero-order valence-electron chi connectivity index (χ0n) is 12.4. The number of ether oxygens (including phenoxy) is 2. The summed E-state index contributed by atoms with van der Waals surface area (Å²) in [6, 6.07) is 0.738. The Hall–Kier alpha value is -0.690. The fourth-order valence-electron chi connectivity index (χ4n) is 2.59. The van der Waals surface area contributed by atoms with Crippen LogP contribution in [0.25, 0.3) is 0 Å². The van der Waals surface area contributed by atoms with Gasteiger partial charge in [0, 0.05) is 44.8 Å². The van der Waals surface area contributed by atoms with Crippen LogP contribution in [-0.4, -0.2) is 50.5 Å². The smallest absolute Gasteiger partial charge is 0.185 e. The first-order valence-corrected chi connectivity index (χ1v) is 8.03. The van der Waals surface area contributed by atoms with Crippen LogP contribution in [0.2, 0.25) is 0 Å². The number of aromatic nitrogens is 1. The van der Waals surface area contributed by atoms with Gasteiger partial charge in [-0.25, -0.2) is 4.98 Å². The van der Waals surface area contributed by atoms with Crippen LogP contribution < -0.4 is 10.2 Å². The number of hydrogen-bond donors (Lipinski definition) is 1. The average Bonchev–Trinajstić information content (AvgIpc) is 3.07. The molecule has 1 saturated carbocycles. The van der Waals surface area contributed by atoms with Gasteiger partial charge in [-0.15, -0.1) is 11.3 Å². The predicted octanol–water partition coefficient (Wildman–Crippen LogP) is 1.55. The van der Waals surface area contributed by atoms with Gasteiger partial charge >= 0.3 is 0 Å². The van der Waals surface area contributed by atoms with Crippen LogP contribution in [0, 0.1) is 6.92 Å². The van der Waals surface area contributed by atoms with Gasteiger partial charge in [-0.05, 0) is 19.8 Å². The van der Waals surface area contributed by atoms with Crippen molar-refractivity contribution in [3.8, 4) is 0 Å². The van der Waals surface area contributed by atoms with Crippen LogP contribution in [0.3, 0.4) is 0 Å². The molecule has 2 atom stereocenters. The third-order valence-corrected chi connectivity index (χ3v) is 5.32.